The predicted molar refractivity (Wildman–Crippen MR) is 55.7 cm³/mol. The number of oxazole rings is 1. The van der Waals surface area contributed by atoms with Crippen molar-refractivity contribution in [2.45, 2.75) is 19.3 Å². The number of rotatable bonds is 2. The second-order valence-corrected chi connectivity index (χ2v) is 3.32. The van der Waals surface area contributed by atoms with Crippen molar-refractivity contribution in [3.8, 4) is 0 Å². The Kier molecular flexibility index (Phi) is 2.33. The van der Waals surface area contributed by atoms with E-state index in [-0.39, 0.29) is 5.76 Å². The lowest BCUT2D eigenvalue weighted by molar-refractivity contribution is 0.513. The minimum atomic E-state index is -0.311. The molecule has 0 radical (unpaired) electrons. The molecule has 74 valence electrons. The summed E-state index contributed by atoms with van der Waals surface area (Å²) in [4.78, 5) is 11.3. The molecule has 4 heteroatoms. The number of aryl methyl sites for hydroxylation is 1. The second kappa shape index (κ2) is 3.50. The first kappa shape index (κ1) is 9.34. The molecule has 3 nitrogen and oxygen atoms in total. The molecule has 0 unspecified atom stereocenters. The molecule has 1 heterocycles. The zero-order valence-corrected chi connectivity index (χ0v) is 8.54. The predicted octanol–water partition coefficient (Wildman–Crippen LogP) is 2.35. The first-order valence-corrected chi connectivity index (χ1v) is 4.98. The maximum atomic E-state index is 11.3. The first-order valence-electron chi connectivity index (χ1n) is 4.44. The molecule has 0 saturated carbocycles. The lowest BCUT2D eigenvalue weighted by Gasteiger charge is -1.96. The summed E-state index contributed by atoms with van der Waals surface area (Å²) in [5.41, 5.74) is 2.39. The molecule has 0 N–H and O–H groups in total. The van der Waals surface area contributed by atoms with Crippen LogP contribution in [0.3, 0.4) is 0 Å². The van der Waals surface area contributed by atoms with E-state index in [1.807, 2.05) is 19.1 Å². The van der Waals surface area contributed by atoms with Gasteiger partial charge >= 0.3 is 5.76 Å². The van der Waals surface area contributed by atoms with E-state index in [9.17, 15) is 4.79 Å². The van der Waals surface area contributed by atoms with Gasteiger partial charge in [0.05, 0.1) is 5.52 Å². The van der Waals surface area contributed by atoms with Gasteiger partial charge in [-0.1, -0.05) is 6.07 Å². The van der Waals surface area contributed by atoms with Gasteiger partial charge in [-0.2, -0.15) is 0 Å². The highest BCUT2D eigenvalue weighted by Crippen LogP contribution is 2.16. The first-order chi connectivity index (χ1) is 6.76. The molecule has 0 aliphatic heterocycles. The van der Waals surface area contributed by atoms with Crippen molar-refractivity contribution >= 4 is 22.7 Å². The fourth-order valence-electron chi connectivity index (χ4n) is 1.49. The van der Waals surface area contributed by atoms with E-state index in [4.69, 9.17) is 16.0 Å². The van der Waals surface area contributed by atoms with Gasteiger partial charge in [0.25, 0.3) is 0 Å². The van der Waals surface area contributed by atoms with Crippen LogP contribution in [0.2, 0.25) is 0 Å². The Bertz CT molecular complexity index is 512. The SMILES string of the molecule is CCn1c(=O)oc2cc(CCl)ccc21. The van der Waals surface area contributed by atoms with Crippen molar-refractivity contribution in [3.05, 3.63) is 34.3 Å². The molecule has 14 heavy (non-hydrogen) atoms. The van der Waals surface area contributed by atoms with Gasteiger partial charge in [-0.3, -0.25) is 4.57 Å². The fraction of sp³-hybridized carbons (Fsp3) is 0.300. The van der Waals surface area contributed by atoms with Crippen LogP contribution in [-0.2, 0) is 12.4 Å². The van der Waals surface area contributed by atoms with Crippen LogP contribution < -0.4 is 5.76 Å². The molecular weight excluding hydrogens is 202 g/mol. The summed E-state index contributed by atoms with van der Waals surface area (Å²) >= 11 is 5.68. The van der Waals surface area contributed by atoms with E-state index in [1.54, 1.807) is 10.6 Å². The normalized spacial score (nSPS) is 11.0. The van der Waals surface area contributed by atoms with Gasteiger partial charge in [0.1, 0.15) is 0 Å². The molecule has 1 aromatic carbocycles. The zero-order valence-electron chi connectivity index (χ0n) is 7.79. The largest absolute Gasteiger partial charge is 0.419 e. The summed E-state index contributed by atoms with van der Waals surface area (Å²) in [6.45, 7) is 2.53. The Morgan fingerprint density at radius 2 is 2.29 bits per heavy atom. The van der Waals surface area contributed by atoms with Crippen LogP contribution in [0.4, 0.5) is 0 Å². The highest BCUT2D eigenvalue weighted by molar-refractivity contribution is 6.17. The maximum Gasteiger partial charge on any atom is 0.419 e. The van der Waals surface area contributed by atoms with E-state index in [2.05, 4.69) is 0 Å². The monoisotopic (exact) mass is 211 g/mol. The second-order valence-electron chi connectivity index (χ2n) is 3.05. The number of hydrogen-bond acceptors (Lipinski definition) is 2. The lowest BCUT2D eigenvalue weighted by atomic mass is 10.2. The maximum absolute atomic E-state index is 11.3. The minimum Gasteiger partial charge on any atom is -0.408 e. The van der Waals surface area contributed by atoms with Crippen LogP contribution in [-0.4, -0.2) is 4.57 Å². The quantitative estimate of drug-likeness (QED) is 0.715. The van der Waals surface area contributed by atoms with Crippen molar-refractivity contribution in [3.63, 3.8) is 0 Å². The standard InChI is InChI=1S/C10H10ClNO2/c1-2-12-8-4-3-7(6-11)5-9(8)14-10(12)13/h3-5H,2,6H2,1H3. The molecule has 2 aromatic rings. The van der Waals surface area contributed by atoms with Crippen LogP contribution in [0.1, 0.15) is 12.5 Å². The van der Waals surface area contributed by atoms with E-state index >= 15 is 0 Å². The van der Waals surface area contributed by atoms with E-state index < -0.39 is 0 Å². The molecule has 0 aliphatic rings. The topological polar surface area (TPSA) is 35.1 Å². The summed E-state index contributed by atoms with van der Waals surface area (Å²) in [6.07, 6.45) is 0. The van der Waals surface area contributed by atoms with Crippen molar-refractivity contribution in [2.75, 3.05) is 0 Å². The summed E-state index contributed by atoms with van der Waals surface area (Å²) < 4.78 is 6.67. The average Bonchev–Trinajstić information content (AvgIpc) is 2.51. The van der Waals surface area contributed by atoms with Crippen LogP contribution in [0.15, 0.2) is 27.4 Å². The smallest absolute Gasteiger partial charge is 0.408 e. The van der Waals surface area contributed by atoms with Crippen molar-refractivity contribution in [1.29, 1.82) is 0 Å². The van der Waals surface area contributed by atoms with Gasteiger partial charge in [0.2, 0.25) is 0 Å². The van der Waals surface area contributed by atoms with E-state index in [0.29, 0.717) is 18.0 Å². The number of nitrogens with zero attached hydrogens (tertiary/aromatic N) is 1. The van der Waals surface area contributed by atoms with Gasteiger partial charge in [0.15, 0.2) is 5.58 Å². The molecule has 2 rings (SSSR count). The summed E-state index contributed by atoms with van der Waals surface area (Å²) in [7, 11) is 0. The molecule has 1 aromatic heterocycles. The van der Waals surface area contributed by atoms with E-state index in [1.165, 1.54) is 0 Å². The molecule has 0 atom stereocenters. The third-order valence-electron chi connectivity index (χ3n) is 2.20. The lowest BCUT2D eigenvalue weighted by Crippen LogP contribution is -2.11. The molecule has 0 saturated heterocycles. The van der Waals surface area contributed by atoms with Gasteiger partial charge in [-0.05, 0) is 24.6 Å². The minimum absolute atomic E-state index is 0.311. The van der Waals surface area contributed by atoms with E-state index in [0.717, 1.165) is 11.1 Å². The Morgan fingerprint density at radius 1 is 1.50 bits per heavy atom. The number of fused-ring (bicyclic) bond motifs is 1. The number of hydrogen-bond donors (Lipinski definition) is 0. The third kappa shape index (κ3) is 1.34. The van der Waals surface area contributed by atoms with Crippen molar-refractivity contribution < 1.29 is 4.42 Å². The van der Waals surface area contributed by atoms with Crippen LogP contribution in [0, 0.1) is 0 Å². The van der Waals surface area contributed by atoms with Crippen LogP contribution in [0.25, 0.3) is 11.1 Å². The number of aromatic nitrogens is 1. The van der Waals surface area contributed by atoms with Gasteiger partial charge in [0, 0.05) is 12.4 Å². The number of halogens is 1. The molecule has 0 fully saturated rings. The van der Waals surface area contributed by atoms with Gasteiger partial charge < -0.3 is 4.42 Å². The number of benzene rings is 1. The molecular formula is C10H10ClNO2. The summed E-state index contributed by atoms with van der Waals surface area (Å²) in [6, 6.07) is 5.56. The molecule has 0 spiro atoms. The highest BCUT2D eigenvalue weighted by Gasteiger charge is 2.07. The summed E-state index contributed by atoms with van der Waals surface area (Å²) in [5, 5.41) is 0. The van der Waals surface area contributed by atoms with Crippen LogP contribution in [0.5, 0.6) is 0 Å². The number of alkyl halides is 1. The highest BCUT2D eigenvalue weighted by atomic mass is 35.5. The molecule has 0 aliphatic carbocycles. The zero-order chi connectivity index (χ0) is 10.1. The Labute approximate surface area is 85.9 Å². The third-order valence-corrected chi connectivity index (χ3v) is 2.51. The summed E-state index contributed by atoms with van der Waals surface area (Å²) in [5.74, 6) is 0.117. The van der Waals surface area contributed by atoms with Crippen molar-refractivity contribution in [1.82, 2.24) is 4.57 Å². The van der Waals surface area contributed by atoms with Crippen molar-refractivity contribution in [2.24, 2.45) is 0 Å². The average molecular weight is 212 g/mol. The van der Waals surface area contributed by atoms with Crippen LogP contribution >= 0.6 is 11.6 Å². The Balaban J connectivity index is 2.74. The van der Waals surface area contributed by atoms with Gasteiger partial charge in [-0.25, -0.2) is 4.79 Å². The fourth-order valence-corrected chi connectivity index (χ4v) is 1.66. The molecule has 0 amide bonds. The Morgan fingerprint density at radius 3 is 2.93 bits per heavy atom. The Hall–Kier alpha value is -1.22. The molecule has 0 bridgehead atoms. The van der Waals surface area contributed by atoms with Gasteiger partial charge in [-0.15, -0.1) is 11.6 Å².